The van der Waals surface area contributed by atoms with Gasteiger partial charge in [0.15, 0.2) is 0 Å². The van der Waals surface area contributed by atoms with Gasteiger partial charge in [0.1, 0.15) is 5.82 Å². The summed E-state index contributed by atoms with van der Waals surface area (Å²) in [5.74, 6) is 0.833. The van der Waals surface area contributed by atoms with Crippen LogP contribution in [0.5, 0.6) is 0 Å². The number of nitrogen functional groups attached to an aromatic ring is 1. The van der Waals surface area contributed by atoms with Crippen molar-refractivity contribution in [1.29, 1.82) is 0 Å². The Labute approximate surface area is 107 Å². The first-order valence-corrected chi connectivity index (χ1v) is 5.47. The Hall–Kier alpha value is -2.41. The highest BCUT2D eigenvalue weighted by Gasteiger charge is 2.14. The number of nitrogens with zero attached hydrogens (tertiary/aromatic N) is 5. The number of benzene rings is 1. The van der Waals surface area contributed by atoms with Crippen molar-refractivity contribution in [2.24, 2.45) is 0 Å². The Kier molecular flexibility index (Phi) is 2.45. The number of hydrogen-bond acceptors (Lipinski definition) is 5. The predicted octanol–water partition coefficient (Wildman–Crippen LogP) is 1.29. The molecule has 0 atom stereocenters. The number of hydrogen-bond donors (Lipinski definition) is 2. The van der Waals surface area contributed by atoms with E-state index in [1.54, 1.807) is 23.0 Å². The van der Waals surface area contributed by atoms with E-state index in [1.165, 1.54) is 0 Å². The molecule has 0 radical (unpaired) electrons. The molecule has 3 aromatic rings. The average molecular weight is 262 g/mol. The van der Waals surface area contributed by atoms with Crippen molar-refractivity contribution < 1.29 is 0 Å². The van der Waals surface area contributed by atoms with E-state index in [-0.39, 0.29) is 0 Å². The van der Waals surface area contributed by atoms with E-state index in [1.807, 2.05) is 12.1 Å². The van der Waals surface area contributed by atoms with Gasteiger partial charge in [0.25, 0.3) is 0 Å². The number of halogens is 1. The van der Waals surface area contributed by atoms with Gasteiger partial charge in [0.2, 0.25) is 5.82 Å². The van der Waals surface area contributed by atoms with Gasteiger partial charge in [0.05, 0.1) is 17.4 Å². The standard InChI is InChI=1S/C10H8ClN7/c11-6-2-1-3-7(4-6)18-9(12)8(5-13-18)10-14-16-17-15-10/h1-5H,12H2,(H,14,15,16,17). The summed E-state index contributed by atoms with van der Waals surface area (Å²) in [7, 11) is 0. The van der Waals surface area contributed by atoms with Crippen LogP contribution in [-0.2, 0) is 0 Å². The molecular formula is C10H8ClN7. The van der Waals surface area contributed by atoms with E-state index in [9.17, 15) is 0 Å². The number of nitrogens with one attached hydrogen (secondary N) is 1. The molecule has 0 saturated carbocycles. The summed E-state index contributed by atoms with van der Waals surface area (Å²) < 4.78 is 1.57. The van der Waals surface area contributed by atoms with E-state index in [0.717, 1.165) is 5.69 Å². The fourth-order valence-electron chi connectivity index (χ4n) is 1.62. The van der Waals surface area contributed by atoms with Crippen LogP contribution >= 0.6 is 11.6 Å². The fourth-order valence-corrected chi connectivity index (χ4v) is 1.80. The average Bonchev–Trinajstić information content (AvgIpc) is 2.97. The normalized spacial score (nSPS) is 10.7. The van der Waals surface area contributed by atoms with Crippen LogP contribution in [0.15, 0.2) is 30.5 Å². The summed E-state index contributed by atoms with van der Waals surface area (Å²) in [6, 6.07) is 7.23. The summed E-state index contributed by atoms with van der Waals surface area (Å²) in [5.41, 5.74) is 7.40. The Morgan fingerprint density at radius 3 is 2.94 bits per heavy atom. The highest BCUT2D eigenvalue weighted by atomic mass is 35.5. The minimum atomic E-state index is 0.403. The lowest BCUT2D eigenvalue weighted by atomic mass is 10.3. The zero-order valence-corrected chi connectivity index (χ0v) is 9.83. The second-order valence-corrected chi connectivity index (χ2v) is 4.01. The lowest BCUT2D eigenvalue weighted by Gasteiger charge is -2.04. The molecule has 0 unspecified atom stereocenters. The summed E-state index contributed by atoms with van der Waals surface area (Å²) in [4.78, 5) is 0. The summed E-state index contributed by atoms with van der Waals surface area (Å²) >= 11 is 5.93. The summed E-state index contributed by atoms with van der Waals surface area (Å²) in [6.45, 7) is 0. The minimum absolute atomic E-state index is 0.403. The number of aromatic amines is 1. The van der Waals surface area contributed by atoms with E-state index in [4.69, 9.17) is 17.3 Å². The number of tetrazole rings is 1. The van der Waals surface area contributed by atoms with Gasteiger partial charge >= 0.3 is 0 Å². The SMILES string of the molecule is Nc1c(-c2nn[nH]n2)cnn1-c1cccc(Cl)c1. The Bertz CT molecular complexity index is 673. The van der Waals surface area contributed by atoms with Gasteiger partial charge in [-0.2, -0.15) is 10.3 Å². The molecule has 0 aliphatic heterocycles. The van der Waals surface area contributed by atoms with Crippen LogP contribution in [0.4, 0.5) is 5.82 Å². The molecule has 2 heterocycles. The van der Waals surface area contributed by atoms with Crippen LogP contribution in [0, 0.1) is 0 Å². The topological polar surface area (TPSA) is 98.3 Å². The number of anilines is 1. The highest BCUT2D eigenvalue weighted by molar-refractivity contribution is 6.30. The van der Waals surface area contributed by atoms with Crippen LogP contribution in [0.1, 0.15) is 0 Å². The molecule has 8 heteroatoms. The number of H-pyrrole nitrogens is 1. The van der Waals surface area contributed by atoms with Crippen LogP contribution in [0.25, 0.3) is 17.1 Å². The molecule has 3 N–H and O–H groups in total. The second kappa shape index (κ2) is 4.11. The lowest BCUT2D eigenvalue weighted by Crippen LogP contribution is -2.02. The van der Waals surface area contributed by atoms with Crippen molar-refractivity contribution in [2.45, 2.75) is 0 Å². The predicted molar refractivity (Wildman–Crippen MR) is 66.2 cm³/mol. The van der Waals surface area contributed by atoms with Crippen molar-refractivity contribution in [1.82, 2.24) is 30.4 Å². The second-order valence-electron chi connectivity index (χ2n) is 3.57. The van der Waals surface area contributed by atoms with Crippen LogP contribution in [0.3, 0.4) is 0 Å². The molecule has 0 saturated heterocycles. The fraction of sp³-hybridized carbons (Fsp3) is 0. The van der Waals surface area contributed by atoms with E-state index in [2.05, 4.69) is 25.7 Å². The van der Waals surface area contributed by atoms with Gasteiger partial charge < -0.3 is 5.73 Å². The molecule has 0 fully saturated rings. The summed E-state index contributed by atoms with van der Waals surface area (Å²) in [5, 5.41) is 18.4. The van der Waals surface area contributed by atoms with Crippen molar-refractivity contribution in [3.05, 3.63) is 35.5 Å². The van der Waals surface area contributed by atoms with Crippen LogP contribution in [-0.4, -0.2) is 30.4 Å². The molecule has 0 aliphatic rings. The Morgan fingerprint density at radius 2 is 2.22 bits per heavy atom. The highest BCUT2D eigenvalue weighted by Crippen LogP contribution is 2.25. The third-order valence-electron chi connectivity index (χ3n) is 2.45. The molecule has 2 aromatic heterocycles. The first-order chi connectivity index (χ1) is 8.75. The van der Waals surface area contributed by atoms with Gasteiger partial charge in [-0.3, -0.25) is 0 Å². The van der Waals surface area contributed by atoms with Crippen molar-refractivity contribution in [3.63, 3.8) is 0 Å². The van der Waals surface area contributed by atoms with Crippen molar-refractivity contribution in [2.75, 3.05) is 5.73 Å². The van der Waals surface area contributed by atoms with E-state index >= 15 is 0 Å². The van der Waals surface area contributed by atoms with Gasteiger partial charge in [-0.25, -0.2) is 4.68 Å². The Morgan fingerprint density at radius 1 is 1.33 bits per heavy atom. The number of nitrogens with two attached hydrogens (primary N) is 1. The number of aromatic nitrogens is 6. The molecule has 1 aromatic carbocycles. The van der Waals surface area contributed by atoms with E-state index in [0.29, 0.717) is 22.2 Å². The Balaban J connectivity index is 2.10. The number of rotatable bonds is 2. The lowest BCUT2D eigenvalue weighted by molar-refractivity contribution is 0.881. The summed E-state index contributed by atoms with van der Waals surface area (Å²) in [6.07, 6.45) is 1.58. The first-order valence-electron chi connectivity index (χ1n) is 5.09. The van der Waals surface area contributed by atoms with Gasteiger partial charge in [0, 0.05) is 5.02 Å². The minimum Gasteiger partial charge on any atom is -0.383 e. The largest absolute Gasteiger partial charge is 0.383 e. The third kappa shape index (κ3) is 1.70. The molecule has 0 spiro atoms. The van der Waals surface area contributed by atoms with E-state index < -0.39 is 0 Å². The van der Waals surface area contributed by atoms with Crippen LogP contribution in [0.2, 0.25) is 5.02 Å². The molecule has 3 rings (SSSR count). The smallest absolute Gasteiger partial charge is 0.209 e. The quantitative estimate of drug-likeness (QED) is 0.724. The molecule has 0 bridgehead atoms. The third-order valence-corrected chi connectivity index (χ3v) is 2.68. The molecule has 0 aliphatic carbocycles. The van der Waals surface area contributed by atoms with Crippen molar-refractivity contribution in [3.8, 4) is 17.1 Å². The zero-order valence-electron chi connectivity index (χ0n) is 9.08. The van der Waals surface area contributed by atoms with Gasteiger partial charge in [-0.1, -0.05) is 17.7 Å². The van der Waals surface area contributed by atoms with Gasteiger partial charge in [-0.05, 0) is 23.4 Å². The van der Waals surface area contributed by atoms with Crippen molar-refractivity contribution >= 4 is 17.4 Å². The molecule has 7 nitrogen and oxygen atoms in total. The first kappa shape index (κ1) is 10.7. The zero-order chi connectivity index (χ0) is 12.5. The van der Waals surface area contributed by atoms with Gasteiger partial charge in [-0.15, -0.1) is 10.2 Å². The maximum Gasteiger partial charge on any atom is 0.209 e. The molecule has 0 amide bonds. The maximum absolute atomic E-state index is 6.01. The monoisotopic (exact) mass is 261 g/mol. The van der Waals surface area contributed by atoms with Crippen LogP contribution < -0.4 is 5.73 Å². The molecule has 90 valence electrons. The maximum atomic E-state index is 6.01. The molecule has 18 heavy (non-hydrogen) atoms. The molecular weight excluding hydrogens is 254 g/mol.